The van der Waals surface area contributed by atoms with Gasteiger partial charge in [0.25, 0.3) is 0 Å². The second-order valence-electron chi connectivity index (χ2n) is 3.65. The lowest BCUT2D eigenvalue weighted by molar-refractivity contribution is -0.131. The molecule has 0 N–H and O–H groups in total. The van der Waals surface area contributed by atoms with E-state index in [1.54, 1.807) is 7.11 Å². The van der Waals surface area contributed by atoms with Crippen LogP contribution in [-0.4, -0.2) is 37.6 Å². The Morgan fingerprint density at radius 1 is 1.47 bits per heavy atom. The number of carbonyl (C=O) groups is 1. The molecule has 90 valence electrons. The smallest absolute Gasteiger partial charge is 0.224 e. The van der Waals surface area contributed by atoms with Crippen LogP contribution in [0.1, 0.15) is 40.0 Å². The topological polar surface area (TPSA) is 29.5 Å². The molecule has 3 nitrogen and oxygen atoms in total. The van der Waals surface area contributed by atoms with Crippen LogP contribution in [0.4, 0.5) is 0 Å². The highest BCUT2D eigenvalue weighted by molar-refractivity contribution is 5.76. The standard InChI is InChI=1S/C10H19NO2.C2H6/c1-3-9-4-6-11(8-9)10(12)5-7-13-2;1-2/h9H,3-8H2,1-2H3;1-2H3. The van der Waals surface area contributed by atoms with Gasteiger partial charge in [-0.05, 0) is 12.3 Å². The lowest BCUT2D eigenvalue weighted by Crippen LogP contribution is -2.29. The second-order valence-corrected chi connectivity index (χ2v) is 3.65. The van der Waals surface area contributed by atoms with Gasteiger partial charge in [0.15, 0.2) is 0 Å². The third kappa shape index (κ3) is 5.17. The molecule has 1 aliphatic rings. The Balaban J connectivity index is 0.000000921. The number of nitrogens with zero attached hydrogens (tertiary/aromatic N) is 1. The number of hydrogen-bond acceptors (Lipinski definition) is 2. The van der Waals surface area contributed by atoms with Crippen LogP contribution in [0.25, 0.3) is 0 Å². The summed E-state index contributed by atoms with van der Waals surface area (Å²) in [6, 6.07) is 0. The summed E-state index contributed by atoms with van der Waals surface area (Å²) in [5, 5.41) is 0. The van der Waals surface area contributed by atoms with E-state index in [0.29, 0.717) is 13.0 Å². The molecule has 1 fully saturated rings. The summed E-state index contributed by atoms with van der Waals surface area (Å²) in [5.41, 5.74) is 0. The van der Waals surface area contributed by atoms with Gasteiger partial charge in [0, 0.05) is 20.2 Å². The molecular weight excluding hydrogens is 190 g/mol. The van der Waals surface area contributed by atoms with Crippen LogP contribution >= 0.6 is 0 Å². The van der Waals surface area contributed by atoms with E-state index in [1.165, 1.54) is 12.8 Å². The first-order valence-corrected chi connectivity index (χ1v) is 6.04. The van der Waals surface area contributed by atoms with Crippen molar-refractivity contribution in [3.8, 4) is 0 Å². The highest BCUT2D eigenvalue weighted by Crippen LogP contribution is 2.19. The van der Waals surface area contributed by atoms with Crippen molar-refractivity contribution in [2.24, 2.45) is 5.92 Å². The van der Waals surface area contributed by atoms with Crippen molar-refractivity contribution >= 4 is 5.91 Å². The van der Waals surface area contributed by atoms with Gasteiger partial charge in [0.2, 0.25) is 5.91 Å². The maximum absolute atomic E-state index is 11.5. The van der Waals surface area contributed by atoms with Crippen LogP contribution in [0, 0.1) is 5.92 Å². The maximum Gasteiger partial charge on any atom is 0.224 e. The molecule has 0 aliphatic carbocycles. The van der Waals surface area contributed by atoms with E-state index in [-0.39, 0.29) is 5.91 Å². The Bertz CT molecular complexity index is 171. The van der Waals surface area contributed by atoms with E-state index in [1.807, 2.05) is 18.7 Å². The zero-order valence-electron chi connectivity index (χ0n) is 10.6. The lowest BCUT2D eigenvalue weighted by Gasteiger charge is -2.15. The molecule has 0 aromatic carbocycles. The zero-order valence-corrected chi connectivity index (χ0v) is 10.6. The number of methoxy groups -OCH3 is 1. The fraction of sp³-hybridized carbons (Fsp3) is 0.917. The quantitative estimate of drug-likeness (QED) is 0.720. The molecule has 0 aromatic rings. The van der Waals surface area contributed by atoms with Crippen molar-refractivity contribution in [3.63, 3.8) is 0 Å². The van der Waals surface area contributed by atoms with Crippen molar-refractivity contribution in [2.45, 2.75) is 40.0 Å². The second kappa shape index (κ2) is 8.72. The van der Waals surface area contributed by atoms with Gasteiger partial charge in [0.05, 0.1) is 13.0 Å². The fourth-order valence-electron chi connectivity index (χ4n) is 1.74. The summed E-state index contributed by atoms with van der Waals surface area (Å²) in [7, 11) is 1.63. The van der Waals surface area contributed by atoms with Crippen LogP contribution < -0.4 is 0 Å². The van der Waals surface area contributed by atoms with Crippen molar-refractivity contribution in [3.05, 3.63) is 0 Å². The van der Waals surface area contributed by atoms with Gasteiger partial charge >= 0.3 is 0 Å². The van der Waals surface area contributed by atoms with Gasteiger partial charge in [-0.2, -0.15) is 0 Å². The summed E-state index contributed by atoms with van der Waals surface area (Å²) >= 11 is 0. The molecule has 0 aromatic heterocycles. The Morgan fingerprint density at radius 2 is 2.13 bits per heavy atom. The SMILES string of the molecule is CC.CCC1CCN(C(=O)CCOC)C1. The number of likely N-dealkylation sites (tertiary alicyclic amines) is 1. The van der Waals surface area contributed by atoms with Crippen molar-refractivity contribution < 1.29 is 9.53 Å². The maximum atomic E-state index is 11.5. The minimum absolute atomic E-state index is 0.248. The molecule has 3 heteroatoms. The summed E-state index contributed by atoms with van der Waals surface area (Å²) in [6.45, 7) is 8.64. The number of carbonyl (C=O) groups excluding carboxylic acids is 1. The van der Waals surface area contributed by atoms with Crippen molar-refractivity contribution in [1.29, 1.82) is 0 Å². The first kappa shape index (κ1) is 14.4. The molecule has 0 saturated carbocycles. The zero-order chi connectivity index (χ0) is 11.7. The monoisotopic (exact) mass is 215 g/mol. The molecule has 1 amide bonds. The van der Waals surface area contributed by atoms with Crippen LogP contribution in [0.3, 0.4) is 0 Å². The van der Waals surface area contributed by atoms with E-state index in [0.717, 1.165) is 19.0 Å². The highest BCUT2D eigenvalue weighted by Gasteiger charge is 2.24. The average Bonchev–Trinajstić information content (AvgIpc) is 2.77. The van der Waals surface area contributed by atoms with E-state index in [9.17, 15) is 4.79 Å². The fourth-order valence-corrected chi connectivity index (χ4v) is 1.74. The third-order valence-electron chi connectivity index (χ3n) is 2.74. The minimum Gasteiger partial charge on any atom is -0.384 e. The van der Waals surface area contributed by atoms with Crippen molar-refractivity contribution in [1.82, 2.24) is 4.90 Å². The summed E-state index contributed by atoms with van der Waals surface area (Å²) in [4.78, 5) is 13.5. The van der Waals surface area contributed by atoms with E-state index in [4.69, 9.17) is 4.74 Å². The van der Waals surface area contributed by atoms with Gasteiger partial charge in [-0.3, -0.25) is 4.79 Å². The van der Waals surface area contributed by atoms with Gasteiger partial charge < -0.3 is 9.64 Å². The highest BCUT2D eigenvalue weighted by atomic mass is 16.5. The number of amides is 1. The molecule has 1 unspecified atom stereocenters. The molecule has 1 rings (SSSR count). The largest absolute Gasteiger partial charge is 0.384 e. The third-order valence-corrected chi connectivity index (χ3v) is 2.74. The Labute approximate surface area is 93.8 Å². The summed E-state index contributed by atoms with van der Waals surface area (Å²) < 4.78 is 4.88. The Hall–Kier alpha value is -0.570. The van der Waals surface area contributed by atoms with Crippen molar-refractivity contribution in [2.75, 3.05) is 26.8 Å². The molecule has 1 atom stereocenters. The van der Waals surface area contributed by atoms with Crippen LogP contribution in [0.2, 0.25) is 0 Å². The Morgan fingerprint density at radius 3 is 2.60 bits per heavy atom. The Kier molecular flexibility index (Phi) is 8.38. The van der Waals surface area contributed by atoms with E-state index < -0.39 is 0 Å². The van der Waals surface area contributed by atoms with E-state index in [2.05, 4.69) is 6.92 Å². The molecule has 1 saturated heterocycles. The molecule has 15 heavy (non-hydrogen) atoms. The molecule has 0 spiro atoms. The summed E-state index contributed by atoms with van der Waals surface area (Å²) in [6.07, 6.45) is 2.90. The molecule has 0 radical (unpaired) electrons. The predicted octanol–water partition coefficient (Wildman–Crippen LogP) is 2.31. The number of ether oxygens (including phenoxy) is 1. The average molecular weight is 215 g/mol. The van der Waals surface area contributed by atoms with Gasteiger partial charge in [-0.1, -0.05) is 27.2 Å². The molecule has 1 heterocycles. The van der Waals surface area contributed by atoms with Gasteiger partial charge in [-0.25, -0.2) is 0 Å². The van der Waals surface area contributed by atoms with Crippen LogP contribution in [-0.2, 0) is 9.53 Å². The first-order chi connectivity index (χ1) is 7.27. The number of hydrogen-bond donors (Lipinski definition) is 0. The normalized spacial score (nSPS) is 19.7. The van der Waals surface area contributed by atoms with Crippen LogP contribution in [0.15, 0.2) is 0 Å². The predicted molar refractivity (Wildman–Crippen MR) is 62.8 cm³/mol. The van der Waals surface area contributed by atoms with E-state index >= 15 is 0 Å². The van der Waals surface area contributed by atoms with Gasteiger partial charge in [0.1, 0.15) is 0 Å². The lowest BCUT2D eigenvalue weighted by atomic mass is 10.1. The number of rotatable bonds is 4. The molecule has 1 aliphatic heterocycles. The minimum atomic E-state index is 0.248. The molecular formula is C12H25NO2. The molecule has 0 bridgehead atoms. The van der Waals surface area contributed by atoms with Crippen LogP contribution in [0.5, 0.6) is 0 Å². The first-order valence-electron chi connectivity index (χ1n) is 6.04. The summed E-state index contributed by atoms with van der Waals surface area (Å²) in [5.74, 6) is 0.976. The van der Waals surface area contributed by atoms with Gasteiger partial charge in [-0.15, -0.1) is 0 Å².